The molecule has 0 heterocycles. The second-order valence-corrected chi connectivity index (χ2v) is 6.25. The number of carboxylic acids is 1. The minimum absolute atomic E-state index is 0.154. The zero-order chi connectivity index (χ0) is 19.8. The molecular weight excluding hydrogens is 346 g/mol. The van der Waals surface area contributed by atoms with E-state index in [-0.39, 0.29) is 30.0 Å². The third kappa shape index (κ3) is 5.56. The van der Waals surface area contributed by atoms with Crippen LogP contribution in [0.2, 0.25) is 0 Å². The molecule has 1 amide bonds. The molecule has 144 valence electrons. The molecule has 2 aromatic rings. The number of rotatable bonds is 9. The van der Waals surface area contributed by atoms with Crippen LogP contribution >= 0.6 is 0 Å². The Balaban J connectivity index is 1.96. The van der Waals surface area contributed by atoms with Gasteiger partial charge in [0.2, 0.25) is 5.91 Å². The van der Waals surface area contributed by atoms with Gasteiger partial charge in [0.25, 0.3) is 0 Å². The summed E-state index contributed by atoms with van der Waals surface area (Å²) in [4.78, 5) is 23.6. The third-order valence-electron chi connectivity index (χ3n) is 4.41. The van der Waals surface area contributed by atoms with E-state index in [0.717, 1.165) is 11.3 Å². The quantitative estimate of drug-likeness (QED) is 0.707. The van der Waals surface area contributed by atoms with Crippen molar-refractivity contribution in [3.8, 4) is 5.75 Å². The minimum atomic E-state index is -0.988. The van der Waals surface area contributed by atoms with Gasteiger partial charge in [-0.15, -0.1) is 0 Å². The molecule has 0 aromatic heterocycles. The SMILES string of the molecule is COc1ccc(C(OC)C(C)NC(=O)CCc2ccccc2C(=O)O)cc1. The fraction of sp³-hybridized carbons (Fsp3) is 0.333. The number of aromatic carboxylic acids is 1. The smallest absolute Gasteiger partial charge is 0.335 e. The predicted octanol–water partition coefficient (Wildman–Crippen LogP) is 3.22. The molecule has 6 heteroatoms. The maximum atomic E-state index is 12.3. The zero-order valence-electron chi connectivity index (χ0n) is 15.8. The Bertz CT molecular complexity index is 772. The highest BCUT2D eigenvalue weighted by Gasteiger charge is 2.21. The fourth-order valence-electron chi connectivity index (χ4n) is 3.02. The third-order valence-corrected chi connectivity index (χ3v) is 4.41. The predicted molar refractivity (Wildman–Crippen MR) is 102 cm³/mol. The summed E-state index contributed by atoms with van der Waals surface area (Å²) >= 11 is 0. The maximum Gasteiger partial charge on any atom is 0.335 e. The summed E-state index contributed by atoms with van der Waals surface area (Å²) in [7, 11) is 3.20. The number of hydrogen-bond donors (Lipinski definition) is 2. The summed E-state index contributed by atoms with van der Waals surface area (Å²) in [5, 5.41) is 12.2. The largest absolute Gasteiger partial charge is 0.497 e. The Kier molecular flexibility index (Phi) is 7.37. The van der Waals surface area contributed by atoms with E-state index in [9.17, 15) is 14.7 Å². The van der Waals surface area contributed by atoms with Crippen molar-refractivity contribution in [2.24, 2.45) is 0 Å². The van der Waals surface area contributed by atoms with Crippen LogP contribution in [0.5, 0.6) is 5.75 Å². The molecule has 2 atom stereocenters. The molecule has 27 heavy (non-hydrogen) atoms. The molecule has 0 saturated heterocycles. The van der Waals surface area contributed by atoms with Crippen LogP contribution in [0.1, 0.15) is 40.9 Å². The van der Waals surface area contributed by atoms with Gasteiger partial charge in [-0.25, -0.2) is 4.79 Å². The number of carbonyl (C=O) groups excluding carboxylic acids is 1. The molecule has 2 aromatic carbocycles. The molecule has 2 rings (SSSR count). The van der Waals surface area contributed by atoms with Crippen LogP contribution in [0.15, 0.2) is 48.5 Å². The van der Waals surface area contributed by atoms with Crippen molar-refractivity contribution in [1.29, 1.82) is 0 Å². The van der Waals surface area contributed by atoms with Gasteiger partial charge in [-0.2, -0.15) is 0 Å². The van der Waals surface area contributed by atoms with Crippen LogP contribution in [-0.4, -0.2) is 37.2 Å². The van der Waals surface area contributed by atoms with E-state index >= 15 is 0 Å². The number of benzene rings is 2. The first-order valence-corrected chi connectivity index (χ1v) is 8.73. The molecule has 6 nitrogen and oxygen atoms in total. The van der Waals surface area contributed by atoms with E-state index in [4.69, 9.17) is 9.47 Å². The molecule has 2 unspecified atom stereocenters. The van der Waals surface area contributed by atoms with E-state index in [0.29, 0.717) is 12.0 Å². The maximum absolute atomic E-state index is 12.3. The van der Waals surface area contributed by atoms with Gasteiger partial charge < -0.3 is 19.9 Å². The van der Waals surface area contributed by atoms with E-state index in [1.54, 1.807) is 38.5 Å². The summed E-state index contributed by atoms with van der Waals surface area (Å²) in [6.07, 6.45) is 0.265. The molecular formula is C21H25NO5. The van der Waals surface area contributed by atoms with Gasteiger partial charge in [0.1, 0.15) is 11.9 Å². The Morgan fingerprint density at radius 1 is 1.07 bits per heavy atom. The van der Waals surface area contributed by atoms with Gasteiger partial charge in [-0.3, -0.25) is 4.79 Å². The monoisotopic (exact) mass is 371 g/mol. The van der Waals surface area contributed by atoms with Crippen LogP contribution in [0.3, 0.4) is 0 Å². The standard InChI is InChI=1S/C21H25NO5/c1-14(20(27-3)16-8-11-17(26-2)12-9-16)22-19(23)13-10-15-6-4-5-7-18(15)21(24)25/h4-9,11-12,14,20H,10,13H2,1-3H3,(H,22,23)(H,24,25). The van der Waals surface area contributed by atoms with Crippen molar-refractivity contribution in [3.05, 3.63) is 65.2 Å². The lowest BCUT2D eigenvalue weighted by Gasteiger charge is -2.24. The molecule has 0 spiro atoms. The number of nitrogens with one attached hydrogen (secondary N) is 1. The summed E-state index contributed by atoms with van der Waals surface area (Å²) in [6, 6.07) is 14.0. The highest BCUT2D eigenvalue weighted by Crippen LogP contribution is 2.23. The van der Waals surface area contributed by atoms with Crippen LogP contribution < -0.4 is 10.1 Å². The zero-order valence-corrected chi connectivity index (χ0v) is 15.8. The molecule has 2 N–H and O–H groups in total. The summed E-state index contributed by atoms with van der Waals surface area (Å²) in [5.74, 6) is -0.390. The van der Waals surface area contributed by atoms with E-state index in [1.807, 2.05) is 31.2 Å². The number of hydrogen-bond acceptors (Lipinski definition) is 4. The van der Waals surface area contributed by atoms with Gasteiger partial charge in [0.15, 0.2) is 0 Å². The number of methoxy groups -OCH3 is 2. The molecule has 0 aliphatic rings. The lowest BCUT2D eigenvalue weighted by atomic mass is 10.0. The fourth-order valence-corrected chi connectivity index (χ4v) is 3.02. The van der Waals surface area contributed by atoms with E-state index in [2.05, 4.69) is 5.32 Å². The van der Waals surface area contributed by atoms with Crippen molar-refractivity contribution in [3.63, 3.8) is 0 Å². The second kappa shape index (κ2) is 9.73. The Morgan fingerprint density at radius 3 is 2.33 bits per heavy atom. The lowest BCUT2D eigenvalue weighted by Crippen LogP contribution is -2.37. The molecule has 0 bridgehead atoms. The Hall–Kier alpha value is -2.86. The number of amides is 1. The Morgan fingerprint density at radius 2 is 1.74 bits per heavy atom. The van der Waals surface area contributed by atoms with Crippen LogP contribution in [0, 0.1) is 0 Å². The van der Waals surface area contributed by atoms with Crippen LogP contribution in [0.25, 0.3) is 0 Å². The molecule has 0 radical (unpaired) electrons. The average Bonchev–Trinajstić information content (AvgIpc) is 2.67. The van der Waals surface area contributed by atoms with Gasteiger partial charge >= 0.3 is 5.97 Å². The van der Waals surface area contributed by atoms with Crippen molar-refractivity contribution in [2.45, 2.75) is 31.9 Å². The molecule has 0 aliphatic carbocycles. The van der Waals surface area contributed by atoms with E-state index < -0.39 is 5.97 Å². The highest BCUT2D eigenvalue weighted by molar-refractivity contribution is 5.89. The summed E-state index contributed by atoms with van der Waals surface area (Å²) in [5.41, 5.74) is 1.81. The van der Waals surface area contributed by atoms with Crippen LogP contribution in [-0.2, 0) is 16.0 Å². The van der Waals surface area contributed by atoms with Crippen molar-refractivity contribution in [1.82, 2.24) is 5.32 Å². The van der Waals surface area contributed by atoms with Crippen molar-refractivity contribution < 1.29 is 24.2 Å². The van der Waals surface area contributed by atoms with Gasteiger partial charge in [0, 0.05) is 13.5 Å². The molecule has 0 fully saturated rings. The summed E-state index contributed by atoms with van der Waals surface area (Å²) < 4.78 is 10.7. The summed E-state index contributed by atoms with van der Waals surface area (Å²) in [6.45, 7) is 1.88. The van der Waals surface area contributed by atoms with Gasteiger partial charge in [-0.05, 0) is 42.7 Å². The van der Waals surface area contributed by atoms with Gasteiger partial charge in [-0.1, -0.05) is 30.3 Å². The van der Waals surface area contributed by atoms with Gasteiger partial charge in [0.05, 0.1) is 18.7 Å². The first-order chi connectivity index (χ1) is 13.0. The van der Waals surface area contributed by atoms with Crippen LogP contribution in [0.4, 0.5) is 0 Å². The number of ether oxygens (including phenoxy) is 2. The normalized spacial score (nSPS) is 12.9. The number of carbonyl (C=O) groups is 2. The highest BCUT2D eigenvalue weighted by atomic mass is 16.5. The number of carboxylic acid groups (broad SMARTS) is 1. The average molecular weight is 371 g/mol. The first kappa shape index (κ1) is 20.5. The first-order valence-electron chi connectivity index (χ1n) is 8.73. The van der Waals surface area contributed by atoms with Crippen molar-refractivity contribution >= 4 is 11.9 Å². The van der Waals surface area contributed by atoms with Crippen molar-refractivity contribution in [2.75, 3.05) is 14.2 Å². The molecule has 0 saturated carbocycles. The topological polar surface area (TPSA) is 84.9 Å². The minimum Gasteiger partial charge on any atom is -0.497 e. The lowest BCUT2D eigenvalue weighted by molar-refractivity contribution is -0.122. The second-order valence-electron chi connectivity index (χ2n) is 6.25. The number of aryl methyl sites for hydroxylation is 1. The Labute approximate surface area is 159 Å². The van der Waals surface area contributed by atoms with E-state index in [1.165, 1.54) is 0 Å². The molecule has 0 aliphatic heterocycles.